The molecule has 0 unspecified atom stereocenters. The van der Waals surface area contributed by atoms with E-state index in [0.717, 1.165) is 6.07 Å². The number of allylic oxidation sites excluding steroid dienone is 1. The number of nitro benzene ring substituents is 1. The Morgan fingerprint density at radius 3 is 2.67 bits per heavy atom. The van der Waals surface area contributed by atoms with E-state index in [1.807, 2.05) is 0 Å². The molecular formula is C9H6ClF2NO2. The van der Waals surface area contributed by atoms with Gasteiger partial charge in [0.2, 0.25) is 5.82 Å². The van der Waals surface area contributed by atoms with Crippen LogP contribution in [0.1, 0.15) is 5.56 Å². The first-order chi connectivity index (χ1) is 7.06. The predicted octanol–water partition coefficient (Wildman–Crippen LogP) is 3.13. The summed E-state index contributed by atoms with van der Waals surface area (Å²) in [4.78, 5) is 9.59. The summed E-state index contributed by atoms with van der Waals surface area (Å²) in [5.74, 6) is -1.96. The van der Waals surface area contributed by atoms with Gasteiger partial charge < -0.3 is 0 Å². The van der Waals surface area contributed by atoms with Gasteiger partial charge in [-0.2, -0.15) is 4.39 Å². The summed E-state index contributed by atoms with van der Waals surface area (Å²) in [6, 6.07) is 1.35. The van der Waals surface area contributed by atoms with Crippen molar-refractivity contribution >= 4 is 23.4 Å². The minimum Gasteiger partial charge on any atom is -0.258 e. The van der Waals surface area contributed by atoms with Gasteiger partial charge in [0.15, 0.2) is 0 Å². The molecule has 15 heavy (non-hydrogen) atoms. The second-order valence-electron chi connectivity index (χ2n) is 2.64. The van der Waals surface area contributed by atoms with Crippen molar-refractivity contribution in [1.82, 2.24) is 0 Å². The van der Waals surface area contributed by atoms with Crippen LogP contribution >= 0.6 is 11.6 Å². The molecule has 0 aliphatic rings. The van der Waals surface area contributed by atoms with Gasteiger partial charge in [0, 0.05) is 11.9 Å². The molecule has 0 spiro atoms. The fourth-order valence-electron chi connectivity index (χ4n) is 1.08. The molecule has 0 aromatic heterocycles. The minimum absolute atomic E-state index is 0.106. The number of nitro groups is 1. The molecule has 6 heteroatoms. The number of halogens is 3. The Hall–Kier alpha value is -1.49. The maximum atomic E-state index is 13.0. The van der Waals surface area contributed by atoms with E-state index in [-0.39, 0.29) is 11.4 Å². The third kappa shape index (κ3) is 2.73. The van der Waals surface area contributed by atoms with Crippen molar-refractivity contribution in [3.05, 3.63) is 45.5 Å². The molecule has 0 radical (unpaired) electrons. The SMILES string of the molecule is O=[N+]([O-])c1c(F)cc(F)cc1C=CCCl. The lowest BCUT2D eigenvalue weighted by Gasteiger charge is -1.99. The Bertz CT molecular complexity index is 421. The molecule has 0 aliphatic heterocycles. The first-order valence-corrected chi connectivity index (χ1v) is 4.45. The summed E-state index contributed by atoms with van der Waals surface area (Å²) in [7, 11) is 0. The third-order valence-electron chi connectivity index (χ3n) is 1.63. The molecule has 1 rings (SSSR count). The fourth-order valence-corrected chi connectivity index (χ4v) is 1.17. The van der Waals surface area contributed by atoms with E-state index >= 15 is 0 Å². The van der Waals surface area contributed by atoms with Crippen molar-refractivity contribution in [2.45, 2.75) is 0 Å². The van der Waals surface area contributed by atoms with Crippen molar-refractivity contribution in [3.63, 3.8) is 0 Å². The first kappa shape index (κ1) is 11.6. The van der Waals surface area contributed by atoms with Gasteiger partial charge in [0.25, 0.3) is 0 Å². The summed E-state index contributed by atoms with van der Waals surface area (Å²) in [5.41, 5.74) is -0.893. The molecule has 0 saturated heterocycles. The van der Waals surface area contributed by atoms with Crippen LogP contribution in [0.5, 0.6) is 0 Å². The number of benzene rings is 1. The van der Waals surface area contributed by atoms with Gasteiger partial charge in [-0.25, -0.2) is 4.39 Å². The van der Waals surface area contributed by atoms with Gasteiger partial charge in [-0.05, 0) is 6.07 Å². The van der Waals surface area contributed by atoms with E-state index in [0.29, 0.717) is 6.07 Å². The molecule has 1 aromatic rings. The number of alkyl halides is 1. The fraction of sp³-hybridized carbons (Fsp3) is 0.111. The average molecular weight is 234 g/mol. The molecule has 0 atom stereocenters. The average Bonchev–Trinajstić information content (AvgIpc) is 2.12. The second-order valence-corrected chi connectivity index (χ2v) is 2.95. The van der Waals surface area contributed by atoms with Gasteiger partial charge in [0.1, 0.15) is 5.82 Å². The van der Waals surface area contributed by atoms with Crippen molar-refractivity contribution < 1.29 is 13.7 Å². The Morgan fingerprint density at radius 2 is 2.13 bits per heavy atom. The molecule has 0 aliphatic carbocycles. The van der Waals surface area contributed by atoms with Crippen LogP contribution in [0.25, 0.3) is 6.08 Å². The summed E-state index contributed by atoms with van der Waals surface area (Å²) in [6.07, 6.45) is 2.57. The van der Waals surface area contributed by atoms with Crippen LogP contribution in [-0.2, 0) is 0 Å². The summed E-state index contributed by atoms with van der Waals surface area (Å²) in [5, 5.41) is 10.5. The number of rotatable bonds is 3. The van der Waals surface area contributed by atoms with E-state index in [4.69, 9.17) is 11.6 Å². The molecule has 0 amide bonds. The standard InChI is InChI=1S/C9H6ClF2NO2/c10-3-1-2-6-4-7(11)5-8(12)9(6)13(14)15/h1-2,4-5H,3H2. The molecule has 0 N–H and O–H groups in total. The Labute approximate surface area is 89.1 Å². The lowest BCUT2D eigenvalue weighted by Crippen LogP contribution is -1.97. The van der Waals surface area contributed by atoms with Crippen LogP contribution in [-0.4, -0.2) is 10.8 Å². The van der Waals surface area contributed by atoms with Crippen molar-refractivity contribution in [1.29, 1.82) is 0 Å². The van der Waals surface area contributed by atoms with Crippen LogP contribution in [0.3, 0.4) is 0 Å². The summed E-state index contributed by atoms with van der Waals surface area (Å²) >= 11 is 5.32. The largest absolute Gasteiger partial charge is 0.312 e. The lowest BCUT2D eigenvalue weighted by molar-refractivity contribution is -0.387. The second kappa shape index (κ2) is 4.84. The van der Waals surface area contributed by atoms with E-state index in [1.54, 1.807) is 0 Å². The number of hydrogen-bond acceptors (Lipinski definition) is 2. The van der Waals surface area contributed by atoms with Gasteiger partial charge >= 0.3 is 5.69 Å². The van der Waals surface area contributed by atoms with Crippen molar-refractivity contribution in [2.75, 3.05) is 5.88 Å². The molecule has 3 nitrogen and oxygen atoms in total. The molecule has 0 fully saturated rings. The van der Waals surface area contributed by atoms with E-state index in [2.05, 4.69) is 0 Å². The zero-order valence-corrected chi connectivity index (χ0v) is 8.17. The Kier molecular flexibility index (Phi) is 3.74. The maximum Gasteiger partial charge on any atom is 0.312 e. The van der Waals surface area contributed by atoms with Crippen LogP contribution in [0, 0.1) is 21.7 Å². The molecule has 0 bridgehead atoms. The van der Waals surface area contributed by atoms with Gasteiger partial charge in [0.05, 0.1) is 10.5 Å². The number of nitrogens with zero attached hydrogens (tertiary/aromatic N) is 1. The van der Waals surface area contributed by atoms with Crippen LogP contribution < -0.4 is 0 Å². The van der Waals surface area contributed by atoms with E-state index < -0.39 is 22.2 Å². The van der Waals surface area contributed by atoms with E-state index in [9.17, 15) is 18.9 Å². The van der Waals surface area contributed by atoms with Crippen LogP contribution in [0.4, 0.5) is 14.5 Å². The zero-order chi connectivity index (χ0) is 11.4. The molecule has 0 saturated carbocycles. The molecule has 0 heterocycles. The first-order valence-electron chi connectivity index (χ1n) is 3.92. The predicted molar refractivity (Wildman–Crippen MR) is 52.8 cm³/mol. The van der Waals surface area contributed by atoms with Gasteiger partial charge in [-0.15, -0.1) is 11.6 Å². The molecule has 1 aromatic carbocycles. The zero-order valence-electron chi connectivity index (χ0n) is 7.41. The van der Waals surface area contributed by atoms with Gasteiger partial charge in [-0.1, -0.05) is 12.2 Å². The highest BCUT2D eigenvalue weighted by atomic mass is 35.5. The normalized spacial score (nSPS) is 10.9. The summed E-state index contributed by atoms with van der Waals surface area (Å²) in [6.45, 7) is 0. The van der Waals surface area contributed by atoms with Crippen LogP contribution in [0.2, 0.25) is 0 Å². The molecular weight excluding hydrogens is 228 g/mol. The smallest absolute Gasteiger partial charge is 0.258 e. The van der Waals surface area contributed by atoms with Crippen molar-refractivity contribution in [2.24, 2.45) is 0 Å². The highest BCUT2D eigenvalue weighted by Gasteiger charge is 2.19. The third-order valence-corrected chi connectivity index (χ3v) is 1.80. The quantitative estimate of drug-likeness (QED) is 0.457. The monoisotopic (exact) mass is 233 g/mol. The summed E-state index contributed by atoms with van der Waals surface area (Å²) < 4.78 is 25.8. The minimum atomic E-state index is -1.20. The lowest BCUT2D eigenvalue weighted by atomic mass is 10.1. The van der Waals surface area contributed by atoms with Crippen LogP contribution in [0.15, 0.2) is 18.2 Å². The number of hydrogen-bond donors (Lipinski definition) is 0. The Morgan fingerprint density at radius 1 is 1.47 bits per heavy atom. The Balaban J connectivity index is 3.33. The van der Waals surface area contributed by atoms with E-state index in [1.165, 1.54) is 12.2 Å². The van der Waals surface area contributed by atoms with Crippen molar-refractivity contribution in [3.8, 4) is 0 Å². The van der Waals surface area contributed by atoms with Gasteiger partial charge in [-0.3, -0.25) is 10.1 Å². The topological polar surface area (TPSA) is 43.1 Å². The highest BCUT2D eigenvalue weighted by Crippen LogP contribution is 2.25. The molecule has 80 valence electrons. The highest BCUT2D eigenvalue weighted by molar-refractivity contribution is 6.19. The maximum absolute atomic E-state index is 13.0.